The Bertz CT molecular complexity index is 829. The van der Waals surface area contributed by atoms with Crippen LogP contribution in [-0.4, -0.2) is 45.7 Å². The maximum atomic E-state index is 12.6. The second kappa shape index (κ2) is 7.37. The highest BCUT2D eigenvalue weighted by Crippen LogP contribution is 2.46. The molecular weight excluding hydrogens is 362 g/mol. The molecule has 0 spiro atoms. The lowest BCUT2D eigenvalue weighted by atomic mass is 9.79. The normalized spacial score (nSPS) is 29.1. The number of carbonyl (C=O) groups is 2. The number of carbonyl (C=O) groups excluding carboxylic acids is 2. The zero-order chi connectivity index (χ0) is 18.9. The first-order valence-corrected chi connectivity index (χ1v) is 10.1. The number of thioether (sulfide) groups is 1. The van der Waals surface area contributed by atoms with Gasteiger partial charge in [-0.1, -0.05) is 36.4 Å². The lowest BCUT2D eigenvalue weighted by molar-refractivity contribution is -0.0227. The van der Waals surface area contributed by atoms with Crippen molar-refractivity contribution in [2.45, 2.75) is 35.8 Å². The van der Waals surface area contributed by atoms with Crippen molar-refractivity contribution < 1.29 is 19.4 Å². The zero-order valence-electron chi connectivity index (χ0n) is 14.7. The van der Waals surface area contributed by atoms with E-state index in [-0.39, 0.29) is 23.2 Å². The largest absolute Gasteiger partial charge is 0.457 e. The molecule has 2 aromatic carbocycles. The van der Waals surface area contributed by atoms with Crippen molar-refractivity contribution >= 4 is 23.6 Å². The number of fused-ring (bicyclic) bond motifs is 2. The first-order valence-electron chi connectivity index (χ1n) is 9.02. The Hall–Kier alpha value is -2.31. The zero-order valence-corrected chi connectivity index (χ0v) is 15.5. The first kappa shape index (κ1) is 18.1. The molecule has 0 aromatic heterocycles. The Labute approximate surface area is 162 Å². The fraction of sp³-hybridized carbons (Fsp3) is 0.333. The minimum Gasteiger partial charge on any atom is -0.457 e. The van der Waals surface area contributed by atoms with E-state index < -0.39 is 11.6 Å². The Morgan fingerprint density at radius 3 is 2.33 bits per heavy atom. The minimum atomic E-state index is -0.752. The van der Waals surface area contributed by atoms with Gasteiger partial charge in [0.1, 0.15) is 6.10 Å². The molecule has 1 heterocycles. The van der Waals surface area contributed by atoms with E-state index in [0.29, 0.717) is 29.7 Å². The van der Waals surface area contributed by atoms with Crippen LogP contribution in [0.25, 0.3) is 0 Å². The van der Waals surface area contributed by atoms with Crippen molar-refractivity contribution in [1.29, 1.82) is 0 Å². The summed E-state index contributed by atoms with van der Waals surface area (Å²) in [6, 6.07) is 17.9. The number of nitrogens with one attached hydrogen (secondary N) is 1. The average molecular weight is 383 g/mol. The third kappa shape index (κ3) is 3.47. The lowest BCUT2D eigenvalue weighted by Gasteiger charge is -2.40. The van der Waals surface area contributed by atoms with Gasteiger partial charge in [-0.2, -0.15) is 0 Å². The predicted molar refractivity (Wildman–Crippen MR) is 104 cm³/mol. The summed E-state index contributed by atoms with van der Waals surface area (Å²) in [6.07, 6.45) is 0.0742. The molecule has 1 aliphatic carbocycles. The van der Waals surface area contributed by atoms with Crippen molar-refractivity contribution in [1.82, 2.24) is 5.32 Å². The van der Waals surface area contributed by atoms with Crippen LogP contribution in [0.15, 0.2) is 60.7 Å². The van der Waals surface area contributed by atoms with Gasteiger partial charge in [-0.25, -0.2) is 4.79 Å². The van der Waals surface area contributed by atoms with Gasteiger partial charge in [0.2, 0.25) is 0 Å². The molecule has 5 nitrogen and oxygen atoms in total. The van der Waals surface area contributed by atoms with Crippen molar-refractivity contribution in [3.8, 4) is 0 Å². The number of amides is 1. The second-order valence-electron chi connectivity index (χ2n) is 7.05. The van der Waals surface area contributed by atoms with E-state index in [4.69, 9.17) is 4.74 Å². The molecule has 27 heavy (non-hydrogen) atoms. The van der Waals surface area contributed by atoms with Gasteiger partial charge in [-0.15, -0.1) is 11.8 Å². The van der Waals surface area contributed by atoms with Gasteiger partial charge in [0.25, 0.3) is 5.91 Å². The van der Waals surface area contributed by atoms with Crippen molar-refractivity contribution in [3.05, 3.63) is 71.8 Å². The summed E-state index contributed by atoms with van der Waals surface area (Å²) < 4.78 is 5.68. The van der Waals surface area contributed by atoms with E-state index in [1.165, 1.54) is 0 Å². The third-order valence-corrected chi connectivity index (χ3v) is 6.95. The molecule has 1 aliphatic heterocycles. The van der Waals surface area contributed by atoms with Crippen molar-refractivity contribution in [2.24, 2.45) is 0 Å². The molecule has 2 aromatic rings. The van der Waals surface area contributed by atoms with Crippen LogP contribution in [0.3, 0.4) is 0 Å². The second-order valence-corrected chi connectivity index (χ2v) is 8.21. The summed E-state index contributed by atoms with van der Waals surface area (Å²) in [6.45, 7) is 0. The SMILES string of the molecule is O=C(N[C@@]12CC[C@@H](OC(=O)c3ccccc3)[C@@H](SC1)[C@@H]2O)c1ccccc1. The number of hydrogen-bond donors (Lipinski definition) is 2. The van der Waals surface area contributed by atoms with Crippen LogP contribution in [0.1, 0.15) is 33.6 Å². The van der Waals surface area contributed by atoms with Gasteiger partial charge in [0.05, 0.1) is 22.5 Å². The number of rotatable bonds is 4. The van der Waals surface area contributed by atoms with Crippen LogP contribution in [0.5, 0.6) is 0 Å². The van der Waals surface area contributed by atoms with E-state index in [1.54, 1.807) is 48.2 Å². The summed E-state index contributed by atoms with van der Waals surface area (Å²) in [5.74, 6) is 0.0494. The number of hydrogen-bond acceptors (Lipinski definition) is 5. The van der Waals surface area contributed by atoms with Crippen LogP contribution < -0.4 is 5.32 Å². The highest BCUT2D eigenvalue weighted by molar-refractivity contribution is 8.00. The first-order chi connectivity index (χ1) is 13.1. The summed E-state index contributed by atoms with van der Waals surface area (Å²) in [5, 5.41) is 13.7. The molecule has 1 amide bonds. The maximum Gasteiger partial charge on any atom is 0.338 e. The standard InChI is InChI=1S/C21H21NO4S/c23-18-17-16(26-20(25)15-9-5-2-6-10-15)11-12-21(18,13-27-17)22-19(24)14-7-3-1-4-8-14/h1-10,16-18,23H,11-13H2,(H,22,24)/t16-,17-,18+,21+/m1/s1. The molecule has 2 aliphatic rings. The highest BCUT2D eigenvalue weighted by Gasteiger charge is 2.56. The van der Waals surface area contributed by atoms with Gasteiger partial charge in [0, 0.05) is 11.3 Å². The molecule has 2 fully saturated rings. The summed E-state index contributed by atoms with van der Waals surface area (Å²) >= 11 is 1.56. The van der Waals surface area contributed by atoms with Gasteiger partial charge >= 0.3 is 5.97 Å². The monoisotopic (exact) mass is 383 g/mol. The lowest BCUT2D eigenvalue weighted by Crippen LogP contribution is -2.61. The molecule has 6 heteroatoms. The van der Waals surface area contributed by atoms with Crippen LogP contribution >= 0.6 is 11.8 Å². The quantitative estimate of drug-likeness (QED) is 0.794. The average Bonchev–Trinajstić information content (AvgIpc) is 2.90. The number of benzene rings is 2. The van der Waals surface area contributed by atoms with Crippen molar-refractivity contribution in [3.63, 3.8) is 0 Å². The molecule has 2 bridgehead atoms. The molecule has 0 radical (unpaired) electrons. The van der Waals surface area contributed by atoms with E-state index in [2.05, 4.69) is 5.32 Å². The number of aliphatic hydroxyl groups excluding tert-OH is 1. The van der Waals surface area contributed by atoms with E-state index in [0.717, 1.165) is 0 Å². The van der Waals surface area contributed by atoms with Gasteiger partial charge in [0.15, 0.2) is 0 Å². The van der Waals surface area contributed by atoms with Crippen LogP contribution in [0.2, 0.25) is 0 Å². The molecule has 2 N–H and O–H groups in total. The van der Waals surface area contributed by atoms with E-state index in [1.807, 2.05) is 24.3 Å². The number of aliphatic hydroxyl groups is 1. The topological polar surface area (TPSA) is 75.6 Å². The molecule has 1 saturated carbocycles. The molecule has 140 valence electrons. The van der Waals surface area contributed by atoms with Crippen LogP contribution in [0, 0.1) is 0 Å². The predicted octanol–water partition coefficient (Wildman–Crippen LogP) is 2.65. The van der Waals surface area contributed by atoms with E-state index >= 15 is 0 Å². The molecule has 0 unspecified atom stereocenters. The van der Waals surface area contributed by atoms with Gasteiger partial charge < -0.3 is 15.2 Å². The van der Waals surface area contributed by atoms with E-state index in [9.17, 15) is 14.7 Å². The maximum absolute atomic E-state index is 12.6. The fourth-order valence-electron chi connectivity index (χ4n) is 3.80. The third-order valence-electron chi connectivity index (χ3n) is 5.32. The fourth-order valence-corrected chi connectivity index (χ4v) is 5.52. The Morgan fingerprint density at radius 2 is 1.67 bits per heavy atom. The Kier molecular flexibility index (Phi) is 4.93. The van der Waals surface area contributed by atoms with Gasteiger partial charge in [-0.05, 0) is 37.1 Å². The summed E-state index contributed by atoms with van der Waals surface area (Å²) in [5.41, 5.74) is 0.409. The highest BCUT2D eigenvalue weighted by atomic mass is 32.2. The smallest absolute Gasteiger partial charge is 0.338 e. The number of esters is 1. The number of ether oxygens (including phenoxy) is 1. The van der Waals surface area contributed by atoms with Gasteiger partial charge in [-0.3, -0.25) is 4.79 Å². The molecule has 1 saturated heterocycles. The summed E-state index contributed by atoms with van der Waals surface area (Å²) in [4.78, 5) is 24.9. The van der Waals surface area contributed by atoms with Crippen molar-refractivity contribution in [2.75, 3.05) is 5.75 Å². The molecule has 4 rings (SSSR count). The Morgan fingerprint density at radius 1 is 1.04 bits per heavy atom. The molecule has 4 atom stereocenters. The van der Waals surface area contributed by atoms with Crippen LogP contribution in [0.4, 0.5) is 0 Å². The Balaban J connectivity index is 1.44. The van der Waals surface area contributed by atoms with Crippen LogP contribution in [-0.2, 0) is 4.74 Å². The summed E-state index contributed by atoms with van der Waals surface area (Å²) in [7, 11) is 0. The minimum absolute atomic E-state index is 0.185. The molecular formula is C21H21NO4S.